The van der Waals surface area contributed by atoms with E-state index in [9.17, 15) is 4.79 Å². The Bertz CT molecular complexity index is 790. The summed E-state index contributed by atoms with van der Waals surface area (Å²) in [6.07, 6.45) is 6.39. The molecule has 1 saturated heterocycles. The van der Waals surface area contributed by atoms with Crippen molar-refractivity contribution >= 4 is 11.5 Å². The topological polar surface area (TPSA) is 46.8 Å². The fourth-order valence-electron chi connectivity index (χ4n) is 4.16. The van der Waals surface area contributed by atoms with E-state index in [4.69, 9.17) is 9.72 Å². The van der Waals surface area contributed by atoms with E-state index in [-0.39, 0.29) is 16.8 Å². The van der Waals surface area contributed by atoms with Crippen LogP contribution in [0.1, 0.15) is 39.5 Å². The van der Waals surface area contributed by atoms with Crippen LogP contribution >= 0.6 is 0 Å². The van der Waals surface area contributed by atoms with Crippen LogP contribution in [-0.2, 0) is 4.74 Å². The molecule has 2 aromatic heterocycles. The molecule has 0 unspecified atom stereocenters. The molecule has 1 aliphatic heterocycles. The highest BCUT2D eigenvalue weighted by Crippen LogP contribution is 2.41. The van der Waals surface area contributed by atoms with Gasteiger partial charge in [0.2, 0.25) is 0 Å². The summed E-state index contributed by atoms with van der Waals surface area (Å²) in [5.41, 5.74) is 0.354. The van der Waals surface area contributed by atoms with Crippen molar-refractivity contribution in [3.8, 4) is 0 Å². The van der Waals surface area contributed by atoms with Crippen LogP contribution in [0.3, 0.4) is 0 Å². The molecule has 122 valence electrons. The molecular formula is C18H23N3O2. The van der Waals surface area contributed by atoms with Gasteiger partial charge in [0.05, 0.1) is 11.2 Å². The number of morpholine rings is 1. The van der Waals surface area contributed by atoms with Crippen LogP contribution in [-0.4, -0.2) is 33.7 Å². The van der Waals surface area contributed by atoms with Crippen molar-refractivity contribution in [1.82, 2.24) is 9.38 Å². The molecule has 0 atom stereocenters. The summed E-state index contributed by atoms with van der Waals surface area (Å²) in [6, 6.07) is 7.28. The minimum atomic E-state index is -0.230. The van der Waals surface area contributed by atoms with E-state index in [2.05, 4.69) is 18.7 Å². The number of anilines is 1. The van der Waals surface area contributed by atoms with Crippen molar-refractivity contribution in [3.05, 3.63) is 40.8 Å². The van der Waals surface area contributed by atoms with Gasteiger partial charge in [-0.2, -0.15) is 0 Å². The van der Waals surface area contributed by atoms with Gasteiger partial charge in [0, 0.05) is 25.4 Å². The van der Waals surface area contributed by atoms with Gasteiger partial charge in [0.15, 0.2) is 0 Å². The molecule has 5 nitrogen and oxygen atoms in total. The van der Waals surface area contributed by atoms with Crippen LogP contribution in [0.4, 0.5) is 5.82 Å². The second-order valence-electron chi connectivity index (χ2n) is 7.49. The quantitative estimate of drug-likeness (QED) is 0.812. The van der Waals surface area contributed by atoms with E-state index in [1.807, 2.05) is 18.2 Å². The van der Waals surface area contributed by atoms with Crippen LogP contribution in [0, 0.1) is 0 Å². The van der Waals surface area contributed by atoms with E-state index >= 15 is 0 Å². The molecule has 23 heavy (non-hydrogen) atoms. The third-order valence-electron chi connectivity index (χ3n) is 4.94. The molecule has 2 fully saturated rings. The highest BCUT2D eigenvalue weighted by molar-refractivity contribution is 5.49. The van der Waals surface area contributed by atoms with Crippen molar-refractivity contribution < 1.29 is 4.74 Å². The zero-order valence-electron chi connectivity index (χ0n) is 13.8. The van der Waals surface area contributed by atoms with E-state index in [0.29, 0.717) is 5.65 Å². The number of ether oxygens (including phenoxy) is 1. The Hall–Kier alpha value is -1.88. The monoisotopic (exact) mass is 313 g/mol. The van der Waals surface area contributed by atoms with Gasteiger partial charge in [-0.15, -0.1) is 0 Å². The van der Waals surface area contributed by atoms with Crippen LogP contribution < -0.4 is 10.5 Å². The maximum absolute atomic E-state index is 12.4. The minimum absolute atomic E-state index is 0.0321. The average Bonchev–Trinajstić information content (AvgIpc) is 2.92. The molecule has 2 aliphatic rings. The van der Waals surface area contributed by atoms with Crippen molar-refractivity contribution in [2.45, 2.75) is 50.7 Å². The largest absolute Gasteiger partial charge is 0.365 e. The molecular weight excluding hydrogens is 290 g/mol. The highest BCUT2D eigenvalue weighted by atomic mass is 16.5. The predicted molar refractivity (Wildman–Crippen MR) is 90.0 cm³/mol. The Kier molecular flexibility index (Phi) is 3.23. The van der Waals surface area contributed by atoms with E-state index < -0.39 is 0 Å². The molecule has 1 saturated carbocycles. The number of rotatable bonds is 1. The standard InChI is InChI=1S/C18H23N3O2/c1-17(2)12-20(13-18(23-17)8-4-5-9-18)15-11-16(22)21-10-6-3-7-14(21)19-15/h3,6-7,10-11H,4-5,8-9,12-13H2,1-2H3. The maximum atomic E-state index is 12.4. The van der Waals surface area contributed by atoms with Crippen molar-refractivity contribution in [3.63, 3.8) is 0 Å². The summed E-state index contributed by atoms with van der Waals surface area (Å²) in [4.78, 5) is 19.3. The summed E-state index contributed by atoms with van der Waals surface area (Å²) < 4.78 is 8.02. The first-order valence-corrected chi connectivity index (χ1v) is 8.40. The first-order valence-electron chi connectivity index (χ1n) is 8.40. The van der Waals surface area contributed by atoms with Gasteiger partial charge in [-0.05, 0) is 38.8 Å². The van der Waals surface area contributed by atoms with Crippen molar-refractivity contribution in [2.24, 2.45) is 0 Å². The molecule has 0 bridgehead atoms. The summed E-state index contributed by atoms with van der Waals surface area (Å²) in [7, 11) is 0. The van der Waals surface area contributed by atoms with Gasteiger partial charge in [-0.1, -0.05) is 18.9 Å². The molecule has 0 N–H and O–H groups in total. The number of aromatic nitrogens is 2. The molecule has 5 heteroatoms. The number of pyridine rings is 1. The summed E-state index contributed by atoms with van der Waals surface area (Å²) in [6.45, 7) is 5.84. The summed E-state index contributed by atoms with van der Waals surface area (Å²) in [5, 5.41) is 0. The lowest BCUT2D eigenvalue weighted by Crippen LogP contribution is -2.59. The fraction of sp³-hybridized carbons (Fsp3) is 0.556. The normalized spacial score (nSPS) is 22.8. The first-order chi connectivity index (χ1) is 11.0. The third kappa shape index (κ3) is 2.63. The minimum Gasteiger partial charge on any atom is -0.365 e. The lowest BCUT2D eigenvalue weighted by atomic mass is 9.94. The molecule has 0 radical (unpaired) electrons. The Balaban J connectivity index is 1.75. The lowest BCUT2D eigenvalue weighted by molar-refractivity contribution is -0.148. The lowest BCUT2D eigenvalue weighted by Gasteiger charge is -2.49. The number of nitrogens with zero attached hydrogens (tertiary/aromatic N) is 3. The summed E-state index contributed by atoms with van der Waals surface area (Å²) in [5.74, 6) is 0.767. The fourth-order valence-corrected chi connectivity index (χ4v) is 4.16. The smallest absolute Gasteiger partial charge is 0.259 e. The second-order valence-corrected chi connectivity index (χ2v) is 7.49. The van der Waals surface area contributed by atoms with E-state index in [1.54, 1.807) is 16.7 Å². The Morgan fingerprint density at radius 3 is 2.74 bits per heavy atom. The second kappa shape index (κ2) is 5.06. The van der Waals surface area contributed by atoms with Gasteiger partial charge in [0.25, 0.3) is 5.56 Å². The molecule has 1 spiro atoms. The Morgan fingerprint density at radius 2 is 1.96 bits per heavy atom. The van der Waals surface area contributed by atoms with Gasteiger partial charge >= 0.3 is 0 Å². The van der Waals surface area contributed by atoms with Gasteiger partial charge in [0.1, 0.15) is 11.5 Å². The zero-order valence-corrected chi connectivity index (χ0v) is 13.8. The van der Waals surface area contributed by atoms with Crippen LogP contribution in [0.5, 0.6) is 0 Å². The molecule has 1 aliphatic carbocycles. The van der Waals surface area contributed by atoms with Gasteiger partial charge in [-0.3, -0.25) is 9.20 Å². The van der Waals surface area contributed by atoms with Crippen LogP contribution in [0.15, 0.2) is 35.3 Å². The third-order valence-corrected chi connectivity index (χ3v) is 4.94. The molecule has 2 aromatic rings. The van der Waals surface area contributed by atoms with Gasteiger partial charge in [-0.25, -0.2) is 4.98 Å². The van der Waals surface area contributed by atoms with Crippen molar-refractivity contribution in [2.75, 3.05) is 18.0 Å². The number of hydrogen-bond acceptors (Lipinski definition) is 4. The predicted octanol–water partition coefficient (Wildman–Crippen LogP) is 2.62. The van der Waals surface area contributed by atoms with E-state index in [1.165, 1.54) is 12.8 Å². The average molecular weight is 313 g/mol. The number of fused-ring (bicyclic) bond motifs is 1. The van der Waals surface area contributed by atoms with Crippen molar-refractivity contribution in [1.29, 1.82) is 0 Å². The highest BCUT2D eigenvalue weighted by Gasteiger charge is 2.46. The molecule has 4 rings (SSSR count). The Morgan fingerprint density at radius 1 is 1.17 bits per heavy atom. The SMILES string of the molecule is CC1(C)CN(c2cc(=O)n3ccccc3n2)CC2(CCCC2)O1. The van der Waals surface area contributed by atoms with Gasteiger partial charge < -0.3 is 9.64 Å². The molecule has 3 heterocycles. The maximum Gasteiger partial charge on any atom is 0.259 e. The van der Waals surface area contributed by atoms with E-state index in [0.717, 1.165) is 31.7 Å². The molecule has 0 aromatic carbocycles. The van der Waals surface area contributed by atoms with Crippen LogP contribution in [0.25, 0.3) is 5.65 Å². The number of hydrogen-bond donors (Lipinski definition) is 0. The zero-order chi connectivity index (χ0) is 16.1. The van der Waals surface area contributed by atoms with Crippen LogP contribution in [0.2, 0.25) is 0 Å². The summed E-state index contributed by atoms with van der Waals surface area (Å²) >= 11 is 0. The first kappa shape index (κ1) is 14.7. The molecule has 0 amide bonds. The Labute approximate surface area is 135 Å².